The lowest BCUT2D eigenvalue weighted by atomic mass is 9.91. The number of rotatable bonds is 7. The van der Waals surface area contributed by atoms with Gasteiger partial charge < -0.3 is 4.42 Å². The van der Waals surface area contributed by atoms with Crippen molar-refractivity contribution in [3.05, 3.63) is 195 Å². The van der Waals surface area contributed by atoms with Crippen molar-refractivity contribution in [2.75, 3.05) is 0 Å². The molecule has 0 radical (unpaired) electrons. The first-order chi connectivity index (χ1) is 27.2. The average Bonchev–Trinajstić information content (AvgIpc) is 3.65. The Bertz CT molecular complexity index is 2850. The van der Waals surface area contributed by atoms with E-state index in [0.717, 1.165) is 99.8 Å². The minimum Gasteiger partial charge on any atom is -0.456 e. The van der Waals surface area contributed by atoms with E-state index in [2.05, 4.69) is 129 Å². The number of benzene rings is 5. The van der Waals surface area contributed by atoms with Crippen LogP contribution in [0.15, 0.2) is 200 Å². The zero-order chi connectivity index (χ0) is 36.6. The summed E-state index contributed by atoms with van der Waals surface area (Å²) in [6, 6.07) is 51.5. The van der Waals surface area contributed by atoms with Crippen molar-refractivity contribution < 1.29 is 4.42 Å². The normalized spacial score (nSPS) is 11.3. The molecule has 5 aromatic carbocycles. The minimum atomic E-state index is 0.881. The lowest BCUT2D eigenvalue weighted by Crippen LogP contribution is -1.89. The zero-order valence-electron chi connectivity index (χ0n) is 29.7. The van der Waals surface area contributed by atoms with Crippen molar-refractivity contribution in [2.45, 2.75) is 0 Å². The monoisotopic (exact) mass is 704 g/mol. The highest BCUT2D eigenvalue weighted by molar-refractivity contribution is 6.06. The first-order valence-corrected chi connectivity index (χ1v) is 18.2. The number of aromatic nitrogens is 4. The predicted octanol–water partition coefficient (Wildman–Crippen LogP) is 12.8. The Balaban J connectivity index is 1.10. The Morgan fingerprint density at radius 2 is 0.655 bits per heavy atom. The molecule has 0 unspecified atom stereocenters. The maximum atomic E-state index is 6.20. The molecule has 0 bridgehead atoms. The maximum Gasteiger partial charge on any atom is 0.135 e. The van der Waals surface area contributed by atoms with Crippen LogP contribution in [0.25, 0.3) is 99.8 Å². The Morgan fingerprint density at radius 1 is 0.255 bits per heavy atom. The molecule has 10 rings (SSSR count). The molecule has 5 nitrogen and oxygen atoms in total. The van der Waals surface area contributed by atoms with E-state index in [1.54, 1.807) is 0 Å². The molecule has 0 amide bonds. The van der Waals surface area contributed by atoms with Crippen molar-refractivity contribution in [3.63, 3.8) is 0 Å². The number of pyridine rings is 4. The van der Waals surface area contributed by atoms with Crippen LogP contribution < -0.4 is 0 Å². The molecule has 10 aromatic rings. The van der Waals surface area contributed by atoms with Crippen molar-refractivity contribution in [3.8, 4) is 77.9 Å². The maximum absolute atomic E-state index is 6.20. The van der Waals surface area contributed by atoms with Crippen LogP contribution in [0.2, 0.25) is 0 Å². The number of hydrogen-bond acceptors (Lipinski definition) is 5. The highest BCUT2D eigenvalue weighted by atomic mass is 16.3. The van der Waals surface area contributed by atoms with E-state index in [9.17, 15) is 0 Å². The predicted molar refractivity (Wildman–Crippen MR) is 223 cm³/mol. The van der Waals surface area contributed by atoms with E-state index in [4.69, 9.17) is 4.42 Å². The van der Waals surface area contributed by atoms with Gasteiger partial charge in [-0.1, -0.05) is 60.7 Å². The van der Waals surface area contributed by atoms with Crippen molar-refractivity contribution in [1.29, 1.82) is 0 Å². The summed E-state index contributed by atoms with van der Waals surface area (Å²) in [6.45, 7) is 0. The van der Waals surface area contributed by atoms with Crippen molar-refractivity contribution >= 4 is 21.9 Å². The van der Waals surface area contributed by atoms with E-state index in [1.807, 2.05) is 86.0 Å². The van der Waals surface area contributed by atoms with Gasteiger partial charge in [-0.05, 0) is 141 Å². The van der Waals surface area contributed by atoms with Crippen molar-refractivity contribution in [1.82, 2.24) is 19.9 Å². The molecule has 5 aromatic heterocycles. The first kappa shape index (κ1) is 32.2. The van der Waals surface area contributed by atoms with Gasteiger partial charge >= 0.3 is 0 Å². The topological polar surface area (TPSA) is 64.7 Å². The highest BCUT2D eigenvalue weighted by Gasteiger charge is 2.13. The van der Waals surface area contributed by atoms with Crippen molar-refractivity contribution in [2.24, 2.45) is 0 Å². The van der Waals surface area contributed by atoms with Gasteiger partial charge in [0.1, 0.15) is 11.2 Å². The van der Waals surface area contributed by atoms with Gasteiger partial charge in [-0.25, -0.2) is 0 Å². The van der Waals surface area contributed by atoms with Crippen LogP contribution in [0.1, 0.15) is 0 Å². The second kappa shape index (κ2) is 13.8. The Hall–Kier alpha value is -7.50. The summed E-state index contributed by atoms with van der Waals surface area (Å²) < 4.78 is 6.20. The Morgan fingerprint density at radius 3 is 1.18 bits per heavy atom. The van der Waals surface area contributed by atoms with Gasteiger partial charge in [-0.2, -0.15) is 0 Å². The van der Waals surface area contributed by atoms with Gasteiger partial charge in [0.15, 0.2) is 0 Å². The minimum absolute atomic E-state index is 0.881. The molecule has 0 fully saturated rings. The van der Waals surface area contributed by atoms with E-state index >= 15 is 0 Å². The summed E-state index contributed by atoms with van der Waals surface area (Å²) in [7, 11) is 0. The molecule has 0 aliphatic heterocycles. The largest absolute Gasteiger partial charge is 0.456 e. The molecule has 55 heavy (non-hydrogen) atoms. The van der Waals surface area contributed by atoms with Crippen LogP contribution >= 0.6 is 0 Å². The molecule has 0 saturated carbocycles. The fraction of sp³-hybridized carbons (Fsp3) is 0. The second-order valence-electron chi connectivity index (χ2n) is 13.7. The molecule has 0 spiro atoms. The first-order valence-electron chi connectivity index (χ1n) is 18.2. The van der Waals surface area contributed by atoms with Crippen LogP contribution in [0, 0.1) is 0 Å². The fourth-order valence-electron chi connectivity index (χ4n) is 7.39. The standard InChI is InChI=1S/C50H32N4O/c1-2-10-49-47(9-1)48-28-39(11-12-50(48)55-49)42-24-40(35-5-3-7-37(21-35)45-26-43(29-53-31-45)33-13-17-51-18-14-33)23-41(25-42)36-6-4-8-38(22-36)46-27-44(30-54-32-46)34-15-19-52-20-16-34/h1-32H. The van der Waals surface area contributed by atoms with E-state index < -0.39 is 0 Å². The summed E-state index contributed by atoms with van der Waals surface area (Å²) in [4.78, 5) is 17.6. The van der Waals surface area contributed by atoms with E-state index in [0.29, 0.717) is 0 Å². The van der Waals surface area contributed by atoms with Gasteiger partial charge in [0, 0.05) is 82.6 Å². The van der Waals surface area contributed by atoms with Gasteiger partial charge in [-0.15, -0.1) is 0 Å². The SMILES string of the molecule is c1cc(-c2cncc(-c3ccncc3)c2)cc(-c2cc(-c3cccc(-c4cncc(-c5ccncc5)c4)c3)cc(-c3ccc4oc5ccccc5c4c3)c2)c1. The lowest BCUT2D eigenvalue weighted by Gasteiger charge is -2.14. The van der Waals surface area contributed by atoms with Gasteiger partial charge in [-0.3, -0.25) is 19.9 Å². The molecule has 5 heteroatoms. The molecule has 0 aliphatic rings. The quantitative estimate of drug-likeness (QED) is 0.165. The van der Waals surface area contributed by atoms with Gasteiger partial charge in [0.05, 0.1) is 0 Å². The van der Waals surface area contributed by atoms with Gasteiger partial charge in [0.25, 0.3) is 0 Å². The average molecular weight is 705 g/mol. The number of hydrogen-bond donors (Lipinski definition) is 0. The Labute approximate surface area is 318 Å². The van der Waals surface area contributed by atoms with Crippen LogP contribution in [0.4, 0.5) is 0 Å². The molecule has 258 valence electrons. The van der Waals surface area contributed by atoms with Crippen LogP contribution in [0.5, 0.6) is 0 Å². The molecular formula is C50H32N4O. The molecule has 0 N–H and O–H groups in total. The van der Waals surface area contributed by atoms with Crippen LogP contribution in [0.3, 0.4) is 0 Å². The molecule has 0 atom stereocenters. The molecular weight excluding hydrogens is 673 g/mol. The number of furan rings is 1. The summed E-state index contributed by atoms with van der Waals surface area (Å²) in [5.41, 5.74) is 17.1. The second-order valence-corrected chi connectivity index (χ2v) is 13.7. The van der Waals surface area contributed by atoms with Crippen LogP contribution in [-0.4, -0.2) is 19.9 Å². The third kappa shape index (κ3) is 6.34. The Kier molecular flexibility index (Phi) is 8.08. The zero-order valence-corrected chi connectivity index (χ0v) is 29.7. The molecule has 0 saturated heterocycles. The number of fused-ring (bicyclic) bond motifs is 3. The van der Waals surface area contributed by atoms with Gasteiger partial charge in [0.2, 0.25) is 0 Å². The highest BCUT2D eigenvalue weighted by Crippen LogP contribution is 2.38. The number of nitrogens with zero attached hydrogens (tertiary/aromatic N) is 4. The molecule has 0 aliphatic carbocycles. The smallest absolute Gasteiger partial charge is 0.135 e. The number of para-hydroxylation sites is 1. The fourth-order valence-corrected chi connectivity index (χ4v) is 7.39. The summed E-state index contributed by atoms with van der Waals surface area (Å²) in [6.07, 6.45) is 14.9. The summed E-state index contributed by atoms with van der Waals surface area (Å²) in [5.74, 6) is 0. The van der Waals surface area contributed by atoms with Crippen LogP contribution in [-0.2, 0) is 0 Å². The molecule has 5 heterocycles. The third-order valence-electron chi connectivity index (χ3n) is 10.2. The summed E-state index contributed by atoms with van der Waals surface area (Å²) >= 11 is 0. The lowest BCUT2D eigenvalue weighted by molar-refractivity contribution is 0.669. The van der Waals surface area contributed by atoms with E-state index in [1.165, 1.54) is 0 Å². The van der Waals surface area contributed by atoms with E-state index in [-0.39, 0.29) is 0 Å². The summed E-state index contributed by atoms with van der Waals surface area (Å²) in [5, 5.41) is 2.22. The third-order valence-corrected chi connectivity index (χ3v) is 10.2.